The van der Waals surface area contributed by atoms with Crippen LogP contribution in [0.5, 0.6) is 0 Å². The van der Waals surface area contributed by atoms with Gasteiger partial charge in [0.1, 0.15) is 0 Å². The van der Waals surface area contributed by atoms with E-state index >= 15 is 0 Å². The van der Waals surface area contributed by atoms with Crippen LogP contribution in [0, 0.1) is 0 Å². The highest BCUT2D eigenvalue weighted by Crippen LogP contribution is 2.17. The number of H-pyrrole nitrogens is 1. The van der Waals surface area contributed by atoms with E-state index < -0.39 is 0 Å². The highest BCUT2D eigenvalue weighted by Gasteiger charge is 2.08. The van der Waals surface area contributed by atoms with Gasteiger partial charge in [0.15, 0.2) is 0 Å². The van der Waals surface area contributed by atoms with Crippen molar-refractivity contribution in [2.24, 2.45) is 7.05 Å². The summed E-state index contributed by atoms with van der Waals surface area (Å²) in [5, 5.41) is 2.81. The number of imidazole rings is 1. The number of hydrogen-bond acceptors (Lipinski definition) is 2. The van der Waals surface area contributed by atoms with Crippen molar-refractivity contribution in [3.8, 4) is 0 Å². The smallest absolute Gasteiger partial charge is 0.322 e. The molecule has 2 aromatic carbocycles. The molecule has 21 heavy (non-hydrogen) atoms. The molecule has 0 saturated heterocycles. The number of anilines is 1. The summed E-state index contributed by atoms with van der Waals surface area (Å²) in [7, 11) is 1.70. The molecule has 5 nitrogen and oxygen atoms in total. The van der Waals surface area contributed by atoms with Crippen LogP contribution in [0.15, 0.2) is 51.7 Å². The number of aromatic nitrogens is 2. The van der Waals surface area contributed by atoms with Crippen LogP contribution in [-0.2, 0) is 7.05 Å². The van der Waals surface area contributed by atoms with E-state index in [1.54, 1.807) is 37.4 Å². The van der Waals surface area contributed by atoms with Crippen molar-refractivity contribution in [2.45, 2.75) is 0 Å². The summed E-state index contributed by atoms with van der Waals surface area (Å²) >= 11 is 3.33. The molecular formula is C15H12BrN3O2. The Kier molecular flexibility index (Phi) is 3.39. The van der Waals surface area contributed by atoms with Crippen molar-refractivity contribution >= 4 is 38.6 Å². The Balaban J connectivity index is 1.89. The highest BCUT2D eigenvalue weighted by atomic mass is 79.9. The van der Waals surface area contributed by atoms with Gasteiger partial charge in [-0.1, -0.05) is 15.9 Å². The van der Waals surface area contributed by atoms with Gasteiger partial charge in [-0.25, -0.2) is 4.79 Å². The van der Waals surface area contributed by atoms with E-state index in [4.69, 9.17) is 0 Å². The van der Waals surface area contributed by atoms with Gasteiger partial charge in [0.2, 0.25) is 0 Å². The van der Waals surface area contributed by atoms with Gasteiger partial charge in [-0.3, -0.25) is 9.36 Å². The lowest BCUT2D eigenvalue weighted by Crippen LogP contribution is -2.11. The molecule has 0 aliphatic heterocycles. The first-order valence-electron chi connectivity index (χ1n) is 6.30. The Morgan fingerprint density at radius 1 is 1.19 bits per heavy atom. The minimum atomic E-state index is -0.194. The number of rotatable bonds is 2. The van der Waals surface area contributed by atoms with Crippen LogP contribution < -0.4 is 11.0 Å². The van der Waals surface area contributed by atoms with Crippen molar-refractivity contribution in [3.05, 3.63) is 63.0 Å². The maximum atomic E-state index is 12.1. The van der Waals surface area contributed by atoms with Gasteiger partial charge in [-0.15, -0.1) is 0 Å². The molecule has 0 saturated carbocycles. The molecule has 0 atom stereocenters. The summed E-state index contributed by atoms with van der Waals surface area (Å²) < 4.78 is 2.44. The molecule has 6 heteroatoms. The second-order valence-electron chi connectivity index (χ2n) is 4.68. The quantitative estimate of drug-likeness (QED) is 0.749. The maximum Gasteiger partial charge on any atom is 0.326 e. The average molecular weight is 346 g/mol. The first kappa shape index (κ1) is 13.6. The number of nitrogens with one attached hydrogen (secondary N) is 2. The highest BCUT2D eigenvalue weighted by molar-refractivity contribution is 9.10. The van der Waals surface area contributed by atoms with Gasteiger partial charge < -0.3 is 10.3 Å². The Hall–Kier alpha value is -2.34. The van der Waals surface area contributed by atoms with Crippen LogP contribution in [0.25, 0.3) is 11.0 Å². The molecule has 0 aliphatic rings. The first-order valence-corrected chi connectivity index (χ1v) is 7.09. The fourth-order valence-corrected chi connectivity index (χ4v) is 2.38. The SMILES string of the molecule is Cn1c(=O)[nH]c2cc(NC(=O)c3ccc(Br)cc3)ccc21. The molecule has 1 amide bonds. The molecule has 1 aromatic heterocycles. The first-order chi connectivity index (χ1) is 10.0. The number of carbonyl (C=O) groups is 1. The second-order valence-corrected chi connectivity index (χ2v) is 5.60. The largest absolute Gasteiger partial charge is 0.326 e. The number of nitrogens with zero attached hydrogens (tertiary/aromatic N) is 1. The predicted molar refractivity (Wildman–Crippen MR) is 85.6 cm³/mol. The predicted octanol–water partition coefficient (Wildman–Crippen LogP) is 2.88. The number of aromatic amines is 1. The zero-order chi connectivity index (χ0) is 15.0. The number of carbonyl (C=O) groups excluding carboxylic acids is 1. The molecule has 0 bridgehead atoms. The van der Waals surface area contributed by atoms with Crippen LogP contribution in [0.4, 0.5) is 5.69 Å². The molecule has 0 aliphatic carbocycles. The number of aryl methyl sites for hydroxylation is 1. The molecule has 0 fully saturated rings. The van der Waals surface area contributed by atoms with Gasteiger partial charge in [0.05, 0.1) is 11.0 Å². The summed E-state index contributed by atoms with van der Waals surface area (Å²) in [6.07, 6.45) is 0. The normalized spacial score (nSPS) is 10.8. The van der Waals surface area contributed by atoms with Crippen molar-refractivity contribution < 1.29 is 4.79 Å². The lowest BCUT2D eigenvalue weighted by atomic mass is 10.2. The second kappa shape index (κ2) is 5.21. The molecule has 1 heterocycles. The third-order valence-corrected chi connectivity index (χ3v) is 3.80. The number of hydrogen-bond donors (Lipinski definition) is 2. The molecule has 3 aromatic rings. The Morgan fingerprint density at radius 2 is 1.90 bits per heavy atom. The van der Waals surface area contributed by atoms with Crippen LogP contribution in [0.2, 0.25) is 0 Å². The van der Waals surface area contributed by atoms with Crippen molar-refractivity contribution in [3.63, 3.8) is 0 Å². The number of amides is 1. The third-order valence-electron chi connectivity index (χ3n) is 3.27. The minimum absolute atomic E-state index is 0.179. The fourth-order valence-electron chi connectivity index (χ4n) is 2.12. The molecule has 0 unspecified atom stereocenters. The van der Waals surface area contributed by atoms with Gasteiger partial charge in [0, 0.05) is 22.8 Å². The molecule has 0 spiro atoms. The molecule has 3 rings (SSSR count). The lowest BCUT2D eigenvalue weighted by Gasteiger charge is -2.05. The fraction of sp³-hybridized carbons (Fsp3) is 0.0667. The van der Waals surface area contributed by atoms with Gasteiger partial charge in [-0.2, -0.15) is 0 Å². The molecule has 106 valence electrons. The third kappa shape index (κ3) is 2.62. The molecule has 2 N–H and O–H groups in total. The monoisotopic (exact) mass is 345 g/mol. The number of benzene rings is 2. The van der Waals surface area contributed by atoms with Crippen molar-refractivity contribution in [1.82, 2.24) is 9.55 Å². The van der Waals surface area contributed by atoms with E-state index in [1.165, 1.54) is 4.57 Å². The summed E-state index contributed by atoms with van der Waals surface area (Å²) in [6.45, 7) is 0. The van der Waals surface area contributed by atoms with E-state index in [0.717, 1.165) is 9.99 Å². The minimum Gasteiger partial charge on any atom is -0.322 e. The van der Waals surface area contributed by atoms with E-state index in [1.807, 2.05) is 12.1 Å². The van der Waals surface area contributed by atoms with E-state index in [2.05, 4.69) is 26.2 Å². The molecular weight excluding hydrogens is 334 g/mol. The Morgan fingerprint density at radius 3 is 2.62 bits per heavy atom. The average Bonchev–Trinajstić information content (AvgIpc) is 2.74. The number of halogens is 1. The van der Waals surface area contributed by atoms with Gasteiger partial charge in [0.25, 0.3) is 5.91 Å². The van der Waals surface area contributed by atoms with Crippen LogP contribution in [0.3, 0.4) is 0 Å². The summed E-state index contributed by atoms with van der Waals surface area (Å²) in [6, 6.07) is 12.4. The lowest BCUT2D eigenvalue weighted by molar-refractivity contribution is 0.102. The standard InChI is InChI=1S/C15H12BrN3O2/c1-19-13-7-6-11(8-12(13)18-15(19)21)17-14(20)9-2-4-10(16)5-3-9/h2-8H,1H3,(H,17,20)(H,18,21). The summed E-state index contributed by atoms with van der Waals surface area (Å²) in [5.41, 5.74) is 2.51. The Labute approximate surface area is 128 Å². The number of fused-ring (bicyclic) bond motifs is 1. The van der Waals surface area contributed by atoms with Crippen LogP contribution >= 0.6 is 15.9 Å². The van der Waals surface area contributed by atoms with E-state index in [9.17, 15) is 9.59 Å². The topological polar surface area (TPSA) is 66.9 Å². The van der Waals surface area contributed by atoms with Crippen molar-refractivity contribution in [1.29, 1.82) is 0 Å². The van der Waals surface area contributed by atoms with Crippen molar-refractivity contribution in [2.75, 3.05) is 5.32 Å². The van der Waals surface area contributed by atoms with E-state index in [-0.39, 0.29) is 11.6 Å². The van der Waals surface area contributed by atoms with Crippen LogP contribution in [-0.4, -0.2) is 15.5 Å². The summed E-state index contributed by atoms with van der Waals surface area (Å²) in [5.74, 6) is -0.194. The zero-order valence-corrected chi connectivity index (χ0v) is 12.8. The van der Waals surface area contributed by atoms with E-state index in [0.29, 0.717) is 16.8 Å². The van der Waals surface area contributed by atoms with Gasteiger partial charge >= 0.3 is 5.69 Å². The zero-order valence-electron chi connectivity index (χ0n) is 11.2. The maximum absolute atomic E-state index is 12.1. The molecule has 0 radical (unpaired) electrons. The summed E-state index contributed by atoms with van der Waals surface area (Å²) in [4.78, 5) is 26.4. The van der Waals surface area contributed by atoms with Gasteiger partial charge in [-0.05, 0) is 42.5 Å². The Bertz CT molecular complexity index is 878. The van der Waals surface area contributed by atoms with Crippen LogP contribution in [0.1, 0.15) is 10.4 Å².